The Morgan fingerprint density at radius 1 is 1.28 bits per heavy atom. The van der Waals surface area contributed by atoms with Gasteiger partial charge in [-0.25, -0.2) is 0 Å². The highest BCUT2D eigenvalue weighted by molar-refractivity contribution is 5.88. The number of furan rings is 1. The maximum absolute atomic E-state index is 12.3. The van der Waals surface area contributed by atoms with Gasteiger partial charge >= 0.3 is 0 Å². The number of carbonyl (C=O) groups is 1. The number of nitrogens with one attached hydrogen (secondary N) is 1. The Bertz CT molecular complexity index is 836. The number of hydrogen-bond acceptors (Lipinski definition) is 4. The third kappa shape index (κ3) is 4.33. The van der Waals surface area contributed by atoms with Crippen LogP contribution >= 0.6 is 0 Å². The summed E-state index contributed by atoms with van der Waals surface area (Å²) in [5, 5.41) is 4.01. The van der Waals surface area contributed by atoms with Gasteiger partial charge in [0.25, 0.3) is 0 Å². The maximum atomic E-state index is 12.3. The van der Waals surface area contributed by atoms with Crippen LogP contribution in [0.5, 0.6) is 0 Å². The second-order valence-electron chi connectivity index (χ2n) is 6.08. The molecule has 1 aromatic carbocycles. The second kappa shape index (κ2) is 7.77. The first-order chi connectivity index (χ1) is 12.1. The van der Waals surface area contributed by atoms with Crippen LogP contribution in [0, 0.1) is 0 Å². The monoisotopic (exact) mass is 335 g/mol. The summed E-state index contributed by atoms with van der Waals surface area (Å²) in [5.41, 5.74) is 1.67. The molecular weight excluding hydrogens is 314 g/mol. The van der Waals surface area contributed by atoms with E-state index in [0.29, 0.717) is 12.3 Å². The zero-order valence-corrected chi connectivity index (χ0v) is 14.3. The number of pyridine rings is 1. The quantitative estimate of drug-likeness (QED) is 0.703. The number of aromatic nitrogens is 1. The smallest absolute Gasteiger partial charge is 0.244 e. The van der Waals surface area contributed by atoms with Crippen molar-refractivity contribution >= 4 is 16.9 Å². The van der Waals surface area contributed by atoms with Gasteiger partial charge in [-0.1, -0.05) is 30.3 Å². The number of hydrogen-bond donors (Lipinski definition) is 1. The van der Waals surface area contributed by atoms with E-state index in [0.717, 1.165) is 16.5 Å². The molecule has 128 valence electrons. The lowest BCUT2D eigenvalue weighted by molar-refractivity contribution is -0.117. The molecule has 0 bridgehead atoms. The van der Waals surface area contributed by atoms with E-state index in [1.54, 1.807) is 18.5 Å². The molecule has 1 N–H and O–H groups in total. The number of fused-ring (bicyclic) bond motifs is 1. The van der Waals surface area contributed by atoms with Gasteiger partial charge in [0.15, 0.2) is 0 Å². The van der Waals surface area contributed by atoms with Crippen LogP contribution in [0.15, 0.2) is 71.4 Å². The first-order valence-electron chi connectivity index (χ1n) is 8.13. The predicted molar refractivity (Wildman–Crippen MR) is 98.1 cm³/mol. The Balaban J connectivity index is 1.88. The van der Waals surface area contributed by atoms with Crippen LogP contribution < -0.4 is 5.32 Å². The number of benzene rings is 1. The van der Waals surface area contributed by atoms with Crippen molar-refractivity contribution in [1.82, 2.24) is 15.2 Å². The second-order valence-corrected chi connectivity index (χ2v) is 6.08. The minimum atomic E-state index is -0.391. The summed E-state index contributed by atoms with van der Waals surface area (Å²) in [7, 11) is 3.91. The molecule has 5 heteroatoms. The van der Waals surface area contributed by atoms with Crippen molar-refractivity contribution in [1.29, 1.82) is 0 Å². The molecule has 0 saturated heterocycles. The number of rotatable bonds is 6. The van der Waals surface area contributed by atoms with Gasteiger partial charge in [-0.2, -0.15) is 0 Å². The zero-order valence-electron chi connectivity index (χ0n) is 14.3. The largest absolute Gasteiger partial charge is 0.459 e. The molecule has 0 aliphatic heterocycles. The number of amides is 1. The summed E-state index contributed by atoms with van der Waals surface area (Å²) < 4.78 is 5.95. The van der Waals surface area contributed by atoms with Crippen molar-refractivity contribution in [3.05, 3.63) is 78.3 Å². The van der Waals surface area contributed by atoms with Crippen molar-refractivity contribution in [2.24, 2.45) is 0 Å². The lowest BCUT2D eigenvalue weighted by atomic mass is 10.1. The van der Waals surface area contributed by atoms with E-state index < -0.39 is 6.04 Å². The molecule has 1 amide bonds. The summed E-state index contributed by atoms with van der Waals surface area (Å²) in [6.45, 7) is 0.704. The molecule has 25 heavy (non-hydrogen) atoms. The Morgan fingerprint density at radius 3 is 2.84 bits per heavy atom. The highest BCUT2D eigenvalue weighted by Gasteiger charge is 2.20. The molecule has 1 unspecified atom stereocenters. The van der Waals surface area contributed by atoms with E-state index in [4.69, 9.17) is 4.42 Å². The molecule has 0 aliphatic rings. The van der Waals surface area contributed by atoms with Crippen LogP contribution in [-0.2, 0) is 4.79 Å². The van der Waals surface area contributed by atoms with Gasteiger partial charge < -0.3 is 14.6 Å². The highest BCUT2D eigenvalue weighted by Crippen LogP contribution is 2.27. The summed E-state index contributed by atoms with van der Waals surface area (Å²) in [6.07, 6.45) is 6.82. The first kappa shape index (κ1) is 16.9. The third-order valence-electron chi connectivity index (χ3n) is 3.77. The molecule has 3 rings (SSSR count). The van der Waals surface area contributed by atoms with Crippen molar-refractivity contribution in [3.63, 3.8) is 0 Å². The average Bonchev–Trinajstić information content (AvgIpc) is 3.04. The maximum Gasteiger partial charge on any atom is 0.244 e. The molecule has 2 heterocycles. The number of likely N-dealkylation sites (N-methyl/N-ethyl adjacent to an activating group) is 1. The molecule has 3 aromatic rings. The van der Waals surface area contributed by atoms with Crippen LogP contribution in [0.1, 0.15) is 17.4 Å². The molecule has 0 aliphatic carbocycles. The van der Waals surface area contributed by atoms with E-state index in [1.165, 1.54) is 0 Å². The summed E-state index contributed by atoms with van der Waals surface area (Å²) in [5.74, 6) is 0.514. The molecule has 0 radical (unpaired) electrons. The summed E-state index contributed by atoms with van der Waals surface area (Å²) in [4.78, 5) is 18.5. The lowest BCUT2D eigenvalue weighted by Crippen LogP contribution is -2.27. The molecule has 1 atom stereocenters. The molecular formula is C20H21N3O2. The van der Waals surface area contributed by atoms with E-state index in [-0.39, 0.29) is 5.91 Å². The van der Waals surface area contributed by atoms with Crippen molar-refractivity contribution in [2.75, 3.05) is 20.6 Å². The van der Waals surface area contributed by atoms with E-state index in [9.17, 15) is 4.79 Å². The predicted octanol–water partition coefficient (Wildman–Crippen LogP) is 3.15. The topological polar surface area (TPSA) is 58.4 Å². The minimum Gasteiger partial charge on any atom is -0.459 e. The third-order valence-corrected chi connectivity index (χ3v) is 3.77. The SMILES string of the molecule is CN(C)C/C=C/C(=O)NC(c1cccnc1)c1cc2ccccc2o1. The van der Waals surface area contributed by atoms with Gasteiger partial charge in [-0.05, 0) is 32.3 Å². The molecule has 2 aromatic heterocycles. The first-order valence-corrected chi connectivity index (χ1v) is 8.13. The fourth-order valence-electron chi connectivity index (χ4n) is 2.57. The van der Waals surface area contributed by atoms with Crippen molar-refractivity contribution < 1.29 is 9.21 Å². The highest BCUT2D eigenvalue weighted by atomic mass is 16.3. The van der Waals surface area contributed by atoms with E-state index in [1.807, 2.05) is 67.5 Å². The van der Waals surface area contributed by atoms with Crippen LogP contribution in [-0.4, -0.2) is 36.4 Å². The Labute approximate surface area is 147 Å². The number of para-hydroxylation sites is 1. The zero-order chi connectivity index (χ0) is 17.6. The molecule has 0 spiro atoms. The van der Waals surface area contributed by atoms with Gasteiger partial charge in [0.05, 0.1) is 0 Å². The Kier molecular flexibility index (Phi) is 5.26. The van der Waals surface area contributed by atoms with Crippen LogP contribution in [0.3, 0.4) is 0 Å². The van der Waals surface area contributed by atoms with Gasteiger partial charge in [0, 0.05) is 36.0 Å². The average molecular weight is 335 g/mol. The Morgan fingerprint density at radius 2 is 2.12 bits per heavy atom. The van der Waals surface area contributed by atoms with Crippen LogP contribution in [0.4, 0.5) is 0 Å². The minimum absolute atomic E-state index is 0.170. The van der Waals surface area contributed by atoms with E-state index in [2.05, 4.69) is 10.3 Å². The Hall–Kier alpha value is -2.92. The van der Waals surface area contributed by atoms with Crippen LogP contribution in [0.25, 0.3) is 11.0 Å². The van der Waals surface area contributed by atoms with Gasteiger partial charge in [-0.3, -0.25) is 9.78 Å². The van der Waals surface area contributed by atoms with Crippen molar-refractivity contribution in [2.45, 2.75) is 6.04 Å². The number of nitrogens with zero attached hydrogens (tertiary/aromatic N) is 2. The fraction of sp³-hybridized carbons (Fsp3) is 0.200. The summed E-state index contributed by atoms with van der Waals surface area (Å²) >= 11 is 0. The van der Waals surface area contributed by atoms with Gasteiger partial charge in [0.1, 0.15) is 17.4 Å². The fourth-order valence-corrected chi connectivity index (χ4v) is 2.57. The van der Waals surface area contributed by atoms with Gasteiger partial charge in [0.2, 0.25) is 5.91 Å². The summed E-state index contributed by atoms with van der Waals surface area (Å²) in [6, 6.07) is 13.1. The van der Waals surface area contributed by atoms with E-state index >= 15 is 0 Å². The molecule has 0 fully saturated rings. The normalized spacial score (nSPS) is 12.8. The van der Waals surface area contributed by atoms with Gasteiger partial charge in [-0.15, -0.1) is 0 Å². The standard InChI is InChI=1S/C20H21N3O2/c1-23(2)12-6-10-19(24)22-20(16-8-5-11-21-14-16)18-13-15-7-3-4-9-17(15)25-18/h3-11,13-14,20H,12H2,1-2H3,(H,22,24)/b10-6+. The van der Waals surface area contributed by atoms with Crippen molar-refractivity contribution in [3.8, 4) is 0 Å². The lowest BCUT2D eigenvalue weighted by Gasteiger charge is -2.15. The number of carbonyl (C=O) groups excluding carboxylic acids is 1. The van der Waals surface area contributed by atoms with Crippen LogP contribution in [0.2, 0.25) is 0 Å². The molecule has 5 nitrogen and oxygen atoms in total. The molecule has 0 saturated carbocycles.